The first-order valence-corrected chi connectivity index (χ1v) is 7.59. The lowest BCUT2D eigenvalue weighted by Gasteiger charge is -2.18. The van der Waals surface area contributed by atoms with Crippen LogP contribution in [0.15, 0.2) is 18.2 Å². The maximum atomic E-state index is 12.2. The van der Waals surface area contributed by atoms with Gasteiger partial charge in [-0.3, -0.25) is 4.79 Å². The molecule has 2 nitrogen and oxygen atoms in total. The maximum Gasteiger partial charge on any atom is 0.252 e. The molecule has 2 unspecified atom stereocenters. The fraction of sp³-hybridized carbons (Fsp3) is 0.533. The van der Waals surface area contributed by atoms with Gasteiger partial charge in [0.15, 0.2) is 0 Å². The second-order valence-electron chi connectivity index (χ2n) is 5.06. The van der Waals surface area contributed by atoms with E-state index >= 15 is 0 Å². The van der Waals surface area contributed by atoms with Crippen LogP contribution >= 0.6 is 22.6 Å². The fourth-order valence-electron chi connectivity index (χ4n) is 1.95. The van der Waals surface area contributed by atoms with Gasteiger partial charge in [0.2, 0.25) is 0 Å². The molecule has 1 amide bonds. The van der Waals surface area contributed by atoms with Gasteiger partial charge in [0.05, 0.1) is 5.56 Å². The minimum absolute atomic E-state index is 0.0407. The van der Waals surface area contributed by atoms with E-state index in [0.29, 0.717) is 5.92 Å². The van der Waals surface area contributed by atoms with Crippen LogP contribution < -0.4 is 5.32 Å². The lowest BCUT2D eigenvalue weighted by molar-refractivity contribution is 0.0934. The molecule has 1 aromatic carbocycles. The first-order valence-electron chi connectivity index (χ1n) is 6.51. The van der Waals surface area contributed by atoms with E-state index in [2.05, 4.69) is 48.7 Å². The van der Waals surface area contributed by atoms with Crippen molar-refractivity contribution in [1.82, 2.24) is 5.32 Å². The van der Waals surface area contributed by atoms with E-state index in [9.17, 15) is 4.79 Å². The van der Waals surface area contributed by atoms with Crippen LogP contribution in [0.4, 0.5) is 0 Å². The highest BCUT2D eigenvalue weighted by Gasteiger charge is 2.14. The molecule has 0 fully saturated rings. The van der Waals surface area contributed by atoms with Gasteiger partial charge in [-0.2, -0.15) is 0 Å². The Morgan fingerprint density at radius 3 is 2.67 bits per heavy atom. The van der Waals surface area contributed by atoms with E-state index < -0.39 is 0 Å². The molecule has 0 saturated carbocycles. The molecule has 0 aliphatic heterocycles. The van der Waals surface area contributed by atoms with Crippen molar-refractivity contribution in [3.8, 4) is 0 Å². The van der Waals surface area contributed by atoms with Crippen LogP contribution in [0.1, 0.15) is 49.5 Å². The molecule has 0 heterocycles. The molecule has 1 aromatic rings. The number of carbonyl (C=O) groups is 1. The number of halogens is 1. The largest absolute Gasteiger partial charge is 0.350 e. The third kappa shape index (κ3) is 4.26. The van der Waals surface area contributed by atoms with Crippen molar-refractivity contribution >= 4 is 28.5 Å². The lowest BCUT2D eigenvalue weighted by atomic mass is 10.00. The Labute approximate surface area is 124 Å². The minimum atomic E-state index is 0.0407. The zero-order chi connectivity index (χ0) is 13.7. The number of hydrogen-bond donors (Lipinski definition) is 1. The van der Waals surface area contributed by atoms with E-state index in [1.165, 1.54) is 0 Å². The summed E-state index contributed by atoms with van der Waals surface area (Å²) in [5, 5.41) is 3.09. The van der Waals surface area contributed by atoms with E-state index in [1.54, 1.807) is 0 Å². The molecule has 0 aliphatic carbocycles. The maximum absolute atomic E-state index is 12.2. The summed E-state index contributed by atoms with van der Waals surface area (Å²) < 4.78 is 1.04. The number of aryl methyl sites for hydroxylation is 1. The van der Waals surface area contributed by atoms with Crippen LogP contribution in [0, 0.1) is 16.4 Å². The van der Waals surface area contributed by atoms with E-state index in [4.69, 9.17) is 0 Å². The molecular formula is C15H22INO. The van der Waals surface area contributed by atoms with E-state index in [-0.39, 0.29) is 11.9 Å². The summed E-state index contributed by atoms with van der Waals surface area (Å²) in [6, 6.07) is 6.08. The van der Waals surface area contributed by atoms with Crippen molar-refractivity contribution < 1.29 is 4.79 Å². The fourth-order valence-corrected chi connectivity index (χ4v) is 2.56. The second kappa shape index (κ2) is 7.12. The van der Waals surface area contributed by atoms with Crippen LogP contribution in [0.3, 0.4) is 0 Å². The molecule has 0 radical (unpaired) electrons. The summed E-state index contributed by atoms with van der Waals surface area (Å²) in [6.45, 7) is 8.51. The predicted octanol–water partition coefficient (Wildman–Crippen LogP) is 4.15. The average Bonchev–Trinajstić information content (AvgIpc) is 2.32. The first kappa shape index (κ1) is 15.5. The molecule has 0 spiro atoms. The van der Waals surface area contributed by atoms with Gasteiger partial charge in [-0.25, -0.2) is 0 Å². The van der Waals surface area contributed by atoms with Gasteiger partial charge >= 0.3 is 0 Å². The predicted molar refractivity (Wildman–Crippen MR) is 84.9 cm³/mol. The summed E-state index contributed by atoms with van der Waals surface area (Å²) in [7, 11) is 0. The number of amides is 1. The molecule has 18 heavy (non-hydrogen) atoms. The number of carbonyl (C=O) groups excluding carboxylic acids is 1. The standard InChI is InChI=1S/C15H22INO/c1-5-10(2)9-12(4)17-15(18)13-8-6-7-11(3)14(13)16/h6-8,10,12H,5,9H2,1-4H3,(H,17,18). The van der Waals surface area contributed by atoms with Crippen molar-refractivity contribution in [2.75, 3.05) is 0 Å². The third-order valence-corrected chi connectivity index (χ3v) is 4.70. The van der Waals surface area contributed by atoms with Gasteiger partial charge in [-0.05, 0) is 60.4 Å². The lowest BCUT2D eigenvalue weighted by Crippen LogP contribution is -2.34. The molecule has 3 heteroatoms. The van der Waals surface area contributed by atoms with Crippen LogP contribution in [0.5, 0.6) is 0 Å². The molecule has 2 atom stereocenters. The SMILES string of the molecule is CCC(C)CC(C)NC(=O)c1cccc(C)c1I. The number of hydrogen-bond acceptors (Lipinski definition) is 1. The van der Waals surface area contributed by atoms with Gasteiger partial charge in [0, 0.05) is 9.61 Å². The molecule has 0 saturated heterocycles. The van der Waals surface area contributed by atoms with Crippen LogP contribution in [0.25, 0.3) is 0 Å². The van der Waals surface area contributed by atoms with Crippen molar-refractivity contribution in [2.45, 2.75) is 46.6 Å². The Morgan fingerprint density at radius 2 is 2.06 bits per heavy atom. The Morgan fingerprint density at radius 1 is 1.39 bits per heavy atom. The van der Waals surface area contributed by atoms with Gasteiger partial charge in [0.1, 0.15) is 0 Å². The van der Waals surface area contributed by atoms with E-state index in [1.807, 2.05) is 25.1 Å². The highest BCUT2D eigenvalue weighted by atomic mass is 127. The Balaban J connectivity index is 2.68. The highest BCUT2D eigenvalue weighted by molar-refractivity contribution is 14.1. The van der Waals surface area contributed by atoms with Crippen LogP contribution in [0.2, 0.25) is 0 Å². The third-order valence-electron chi connectivity index (χ3n) is 3.27. The summed E-state index contributed by atoms with van der Waals surface area (Å²) in [6.07, 6.45) is 2.19. The normalized spacial score (nSPS) is 14.1. The van der Waals surface area contributed by atoms with Gasteiger partial charge in [-0.1, -0.05) is 32.4 Å². The Kier molecular flexibility index (Phi) is 6.12. The van der Waals surface area contributed by atoms with Crippen LogP contribution in [-0.4, -0.2) is 11.9 Å². The van der Waals surface area contributed by atoms with Crippen molar-refractivity contribution in [2.24, 2.45) is 5.92 Å². The summed E-state index contributed by atoms with van der Waals surface area (Å²) in [4.78, 5) is 12.2. The van der Waals surface area contributed by atoms with Crippen molar-refractivity contribution in [1.29, 1.82) is 0 Å². The van der Waals surface area contributed by atoms with E-state index in [0.717, 1.165) is 27.5 Å². The molecule has 0 bridgehead atoms. The smallest absolute Gasteiger partial charge is 0.252 e. The molecule has 1 N–H and O–H groups in total. The molecule has 100 valence electrons. The minimum Gasteiger partial charge on any atom is -0.350 e. The van der Waals surface area contributed by atoms with Crippen molar-refractivity contribution in [3.63, 3.8) is 0 Å². The molecular weight excluding hydrogens is 337 g/mol. The summed E-state index contributed by atoms with van der Waals surface area (Å²) >= 11 is 2.24. The highest BCUT2D eigenvalue weighted by Crippen LogP contribution is 2.17. The quantitative estimate of drug-likeness (QED) is 0.786. The Hall–Kier alpha value is -0.580. The van der Waals surface area contributed by atoms with Crippen LogP contribution in [-0.2, 0) is 0 Å². The molecule has 0 aromatic heterocycles. The van der Waals surface area contributed by atoms with Crippen molar-refractivity contribution in [3.05, 3.63) is 32.9 Å². The van der Waals surface area contributed by atoms with Gasteiger partial charge in [-0.15, -0.1) is 0 Å². The topological polar surface area (TPSA) is 29.1 Å². The molecule has 0 aliphatic rings. The summed E-state index contributed by atoms with van der Waals surface area (Å²) in [5.74, 6) is 0.691. The molecule has 1 rings (SSSR count). The number of nitrogens with one attached hydrogen (secondary N) is 1. The number of benzene rings is 1. The first-order chi connectivity index (χ1) is 8.45. The Bertz CT molecular complexity index is 417. The zero-order valence-corrected chi connectivity index (χ0v) is 13.7. The zero-order valence-electron chi connectivity index (χ0n) is 11.6. The summed E-state index contributed by atoms with van der Waals surface area (Å²) in [5.41, 5.74) is 1.93. The van der Waals surface area contributed by atoms with Gasteiger partial charge in [0.25, 0.3) is 5.91 Å². The monoisotopic (exact) mass is 359 g/mol. The van der Waals surface area contributed by atoms with Gasteiger partial charge < -0.3 is 5.32 Å². The average molecular weight is 359 g/mol. The number of rotatable bonds is 5. The second-order valence-corrected chi connectivity index (χ2v) is 6.14.